The van der Waals surface area contributed by atoms with E-state index < -0.39 is 0 Å². The molecule has 13 heavy (non-hydrogen) atoms. The molecule has 4 N–H and O–H groups in total. The van der Waals surface area contributed by atoms with Gasteiger partial charge in [-0.05, 0) is 30.0 Å². The summed E-state index contributed by atoms with van der Waals surface area (Å²) in [5.74, 6) is 0.446. The Morgan fingerprint density at radius 3 is 2.31 bits per heavy atom. The van der Waals surface area contributed by atoms with Crippen molar-refractivity contribution in [2.45, 2.75) is 26.8 Å². The Kier molecular flexibility index (Phi) is 2.94. The molecule has 1 aromatic carbocycles. The monoisotopic (exact) mass is 178 g/mol. The van der Waals surface area contributed by atoms with Gasteiger partial charge in [0.1, 0.15) is 0 Å². The van der Waals surface area contributed by atoms with Gasteiger partial charge in [0.05, 0.1) is 0 Å². The topological polar surface area (TPSA) is 52.0 Å². The number of anilines is 1. The van der Waals surface area contributed by atoms with Crippen LogP contribution in [0.2, 0.25) is 0 Å². The van der Waals surface area contributed by atoms with Gasteiger partial charge in [-0.2, -0.15) is 0 Å². The fourth-order valence-corrected chi connectivity index (χ4v) is 1.25. The van der Waals surface area contributed by atoms with Crippen LogP contribution < -0.4 is 11.5 Å². The van der Waals surface area contributed by atoms with E-state index in [0.29, 0.717) is 5.92 Å². The predicted octanol–water partition coefficient (Wildman–Crippen LogP) is 2.23. The number of rotatable bonds is 2. The first-order valence-electron chi connectivity index (χ1n) is 4.64. The molecule has 0 fully saturated rings. The molecule has 0 bridgehead atoms. The molecule has 0 aliphatic rings. The van der Waals surface area contributed by atoms with E-state index in [-0.39, 0.29) is 6.04 Å². The molecule has 0 amide bonds. The summed E-state index contributed by atoms with van der Waals surface area (Å²) in [4.78, 5) is 0. The maximum absolute atomic E-state index is 6.00. The highest BCUT2D eigenvalue weighted by atomic mass is 14.6. The van der Waals surface area contributed by atoms with Crippen LogP contribution in [0.25, 0.3) is 0 Å². The third-order valence-corrected chi connectivity index (χ3v) is 2.41. The van der Waals surface area contributed by atoms with Gasteiger partial charge >= 0.3 is 0 Å². The third-order valence-electron chi connectivity index (χ3n) is 2.41. The third kappa shape index (κ3) is 2.22. The molecular weight excluding hydrogens is 160 g/mol. The van der Waals surface area contributed by atoms with Crippen LogP contribution in [-0.2, 0) is 0 Å². The largest absolute Gasteiger partial charge is 0.399 e. The van der Waals surface area contributed by atoms with Crippen molar-refractivity contribution in [3.8, 4) is 0 Å². The number of hydrogen-bond donors (Lipinski definition) is 2. The highest BCUT2D eigenvalue weighted by Crippen LogP contribution is 2.22. The Morgan fingerprint density at radius 2 is 1.85 bits per heavy atom. The lowest BCUT2D eigenvalue weighted by molar-refractivity contribution is 0.514. The van der Waals surface area contributed by atoms with E-state index in [0.717, 1.165) is 16.8 Å². The summed E-state index contributed by atoms with van der Waals surface area (Å²) < 4.78 is 0. The van der Waals surface area contributed by atoms with Gasteiger partial charge in [-0.15, -0.1) is 0 Å². The minimum atomic E-state index is 0.0860. The van der Waals surface area contributed by atoms with Crippen LogP contribution in [0.1, 0.15) is 31.0 Å². The minimum Gasteiger partial charge on any atom is -0.399 e. The summed E-state index contributed by atoms with van der Waals surface area (Å²) >= 11 is 0. The summed E-state index contributed by atoms with van der Waals surface area (Å²) in [6.07, 6.45) is 0. The van der Waals surface area contributed by atoms with Gasteiger partial charge in [0.25, 0.3) is 0 Å². The number of aryl methyl sites for hydroxylation is 1. The second kappa shape index (κ2) is 3.79. The van der Waals surface area contributed by atoms with Gasteiger partial charge in [0, 0.05) is 11.7 Å². The van der Waals surface area contributed by atoms with Gasteiger partial charge in [0.15, 0.2) is 0 Å². The zero-order valence-corrected chi connectivity index (χ0v) is 8.54. The molecule has 0 aliphatic heterocycles. The van der Waals surface area contributed by atoms with Crippen LogP contribution in [0.3, 0.4) is 0 Å². The SMILES string of the molecule is Cc1ccc(C(N)C(C)C)cc1N. The molecule has 1 atom stereocenters. The van der Waals surface area contributed by atoms with Gasteiger partial charge in [0.2, 0.25) is 0 Å². The molecule has 0 aromatic heterocycles. The van der Waals surface area contributed by atoms with Crippen molar-refractivity contribution in [1.82, 2.24) is 0 Å². The Hall–Kier alpha value is -1.02. The summed E-state index contributed by atoms with van der Waals surface area (Å²) in [5.41, 5.74) is 14.9. The van der Waals surface area contributed by atoms with Crippen LogP contribution in [0.15, 0.2) is 18.2 Å². The molecule has 1 rings (SSSR count). The van der Waals surface area contributed by atoms with Crippen LogP contribution in [0.5, 0.6) is 0 Å². The molecule has 1 unspecified atom stereocenters. The van der Waals surface area contributed by atoms with Crippen molar-refractivity contribution in [2.24, 2.45) is 11.7 Å². The van der Waals surface area contributed by atoms with E-state index in [2.05, 4.69) is 19.9 Å². The van der Waals surface area contributed by atoms with E-state index in [4.69, 9.17) is 11.5 Å². The first kappa shape index (κ1) is 10.1. The van der Waals surface area contributed by atoms with Crippen LogP contribution in [0, 0.1) is 12.8 Å². The standard InChI is InChI=1S/C11H18N2/c1-7(2)11(13)9-5-4-8(3)10(12)6-9/h4-7,11H,12-13H2,1-3H3. The zero-order valence-electron chi connectivity index (χ0n) is 8.54. The molecular formula is C11H18N2. The molecule has 0 saturated heterocycles. The summed E-state index contributed by atoms with van der Waals surface area (Å²) in [7, 11) is 0. The van der Waals surface area contributed by atoms with E-state index >= 15 is 0 Å². The average molecular weight is 178 g/mol. The lowest BCUT2D eigenvalue weighted by atomic mass is 9.96. The van der Waals surface area contributed by atoms with E-state index in [1.54, 1.807) is 0 Å². The summed E-state index contributed by atoms with van der Waals surface area (Å²) in [5, 5.41) is 0. The van der Waals surface area contributed by atoms with Crippen molar-refractivity contribution in [1.29, 1.82) is 0 Å². The van der Waals surface area contributed by atoms with Crippen LogP contribution >= 0.6 is 0 Å². The number of nitrogen functional groups attached to an aromatic ring is 1. The summed E-state index contributed by atoms with van der Waals surface area (Å²) in [6, 6.07) is 6.13. The van der Waals surface area contributed by atoms with E-state index in [1.165, 1.54) is 0 Å². The highest BCUT2D eigenvalue weighted by molar-refractivity contribution is 5.49. The molecule has 0 saturated carbocycles. The quantitative estimate of drug-likeness (QED) is 0.682. The van der Waals surface area contributed by atoms with Crippen molar-refractivity contribution in [3.63, 3.8) is 0 Å². The average Bonchev–Trinajstić information content (AvgIpc) is 2.08. The van der Waals surface area contributed by atoms with E-state index in [1.807, 2.05) is 19.1 Å². The Morgan fingerprint density at radius 1 is 1.23 bits per heavy atom. The molecule has 0 spiro atoms. The van der Waals surface area contributed by atoms with Gasteiger partial charge in [-0.25, -0.2) is 0 Å². The minimum absolute atomic E-state index is 0.0860. The lowest BCUT2D eigenvalue weighted by Crippen LogP contribution is -2.16. The Labute approximate surface area is 79.9 Å². The van der Waals surface area contributed by atoms with Crippen LogP contribution in [0.4, 0.5) is 5.69 Å². The fourth-order valence-electron chi connectivity index (χ4n) is 1.25. The molecule has 0 heterocycles. The smallest absolute Gasteiger partial charge is 0.0347 e. The molecule has 72 valence electrons. The molecule has 1 aromatic rings. The molecule has 2 heteroatoms. The zero-order chi connectivity index (χ0) is 10.0. The fraction of sp³-hybridized carbons (Fsp3) is 0.455. The number of benzene rings is 1. The molecule has 2 nitrogen and oxygen atoms in total. The van der Waals surface area contributed by atoms with Gasteiger partial charge in [-0.3, -0.25) is 0 Å². The maximum atomic E-state index is 6.00. The lowest BCUT2D eigenvalue weighted by Gasteiger charge is -2.16. The first-order chi connectivity index (χ1) is 6.02. The molecule has 0 radical (unpaired) electrons. The highest BCUT2D eigenvalue weighted by Gasteiger charge is 2.10. The van der Waals surface area contributed by atoms with Gasteiger partial charge < -0.3 is 11.5 Å². The van der Waals surface area contributed by atoms with Crippen molar-refractivity contribution in [2.75, 3.05) is 5.73 Å². The van der Waals surface area contributed by atoms with Crippen molar-refractivity contribution < 1.29 is 0 Å². The second-order valence-corrected chi connectivity index (χ2v) is 3.89. The maximum Gasteiger partial charge on any atom is 0.0347 e. The Bertz CT molecular complexity index is 292. The second-order valence-electron chi connectivity index (χ2n) is 3.89. The summed E-state index contributed by atoms with van der Waals surface area (Å²) in [6.45, 7) is 6.22. The number of nitrogens with two attached hydrogens (primary N) is 2. The molecule has 0 aliphatic carbocycles. The number of hydrogen-bond acceptors (Lipinski definition) is 2. The normalized spacial score (nSPS) is 13.3. The van der Waals surface area contributed by atoms with Crippen LogP contribution in [-0.4, -0.2) is 0 Å². The van der Waals surface area contributed by atoms with Crippen molar-refractivity contribution >= 4 is 5.69 Å². The first-order valence-corrected chi connectivity index (χ1v) is 4.64. The predicted molar refractivity (Wildman–Crippen MR) is 57.4 cm³/mol. The van der Waals surface area contributed by atoms with Gasteiger partial charge in [-0.1, -0.05) is 26.0 Å². The van der Waals surface area contributed by atoms with Crippen molar-refractivity contribution in [3.05, 3.63) is 29.3 Å². The Balaban J connectivity index is 2.97. The van der Waals surface area contributed by atoms with E-state index in [9.17, 15) is 0 Å².